The summed E-state index contributed by atoms with van der Waals surface area (Å²) in [7, 11) is 0. The van der Waals surface area contributed by atoms with Gasteiger partial charge in [-0.2, -0.15) is 0 Å². The van der Waals surface area contributed by atoms with Crippen LogP contribution in [0.2, 0.25) is 5.02 Å². The summed E-state index contributed by atoms with van der Waals surface area (Å²) in [4.78, 5) is 14.7. The molecule has 2 rings (SSSR count). The molecule has 16 heavy (non-hydrogen) atoms. The number of esters is 1. The zero-order valence-electron chi connectivity index (χ0n) is 8.51. The maximum absolute atomic E-state index is 11.6. The summed E-state index contributed by atoms with van der Waals surface area (Å²) in [6, 6.07) is 5.48. The van der Waals surface area contributed by atoms with Crippen molar-refractivity contribution >= 4 is 51.1 Å². The average Bonchev–Trinajstić information content (AvgIpc) is 2.56. The first-order valence-corrected chi connectivity index (χ1v) is 6.23. The molecule has 84 valence electrons. The molecule has 0 amide bonds. The number of fused-ring (bicyclic) bond motifs is 1. The van der Waals surface area contributed by atoms with Crippen LogP contribution in [0.4, 0.5) is 0 Å². The summed E-state index contributed by atoms with van der Waals surface area (Å²) in [6.45, 7) is 2.15. The van der Waals surface area contributed by atoms with Gasteiger partial charge in [0, 0.05) is 15.9 Å². The number of nitrogens with one attached hydrogen (secondary N) is 1. The van der Waals surface area contributed by atoms with Gasteiger partial charge in [0.25, 0.3) is 0 Å². The molecule has 0 bridgehead atoms. The predicted octanol–water partition coefficient (Wildman–Crippen LogP) is 3.60. The molecular weight excluding hydrogens is 340 g/mol. The minimum atomic E-state index is -0.334. The number of halogens is 2. The minimum absolute atomic E-state index is 0.334. The Hall–Kier alpha value is -0.750. The summed E-state index contributed by atoms with van der Waals surface area (Å²) >= 11 is 8.01. The van der Waals surface area contributed by atoms with Crippen molar-refractivity contribution in [3.8, 4) is 0 Å². The zero-order valence-corrected chi connectivity index (χ0v) is 11.4. The molecule has 3 nitrogen and oxygen atoms in total. The molecule has 0 atom stereocenters. The quantitative estimate of drug-likeness (QED) is 0.665. The second-order valence-corrected chi connectivity index (χ2v) is 4.74. The van der Waals surface area contributed by atoms with Crippen molar-refractivity contribution < 1.29 is 9.53 Å². The molecule has 0 fully saturated rings. The van der Waals surface area contributed by atoms with Gasteiger partial charge in [-0.15, -0.1) is 0 Å². The van der Waals surface area contributed by atoms with Gasteiger partial charge in [0.15, 0.2) is 0 Å². The van der Waals surface area contributed by atoms with Gasteiger partial charge in [0.05, 0.1) is 10.2 Å². The molecule has 0 saturated carbocycles. The lowest BCUT2D eigenvalue weighted by Crippen LogP contribution is -2.06. The molecule has 1 N–H and O–H groups in total. The lowest BCUT2D eigenvalue weighted by Gasteiger charge is -1.98. The van der Waals surface area contributed by atoms with E-state index in [1.807, 2.05) is 6.07 Å². The maximum Gasteiger partial charge on any atom is 0.355 e. The number of ether oxygens (including phenoxy) is 1. The highest BCUT2D eigenvalue weighted by Gasteiger charge is 2.16. The van der Waals surface area contributed by atoms with Crippen LogP contribution in [-0.2, 0) is 4.74 Å². The van der Waals surface area contributed by atoms with E-state index in [9.17, 15) is 4.79 Å². The highest BCUT2D eigenvalue weighted by molar-refractivity contribution is 14.1. The molecule has 1 heterocycles. The number of aromatic amines is 1. The molecule has 0 aliphatic carbocycles. The Bertz CT molecular complexity index is 550. The standard InChI is InChI=1S/C11H9ClINO2/c1-2-16-11(15)10-9(13)7-4-3-6(12)5-8(7)14-10/h3-5,14H,2H2,1H3. The predicted molar refractivity (Wildman–Crippen MR) is 72.0 cm³/mol. The van der Waals surface area contributed by atoms with Crippen LogP contribution in [0.5, 0.6) is 0 Å². The van der Waals surface area contributed by atoms with Crippen LogP contribution in [0.3, 0.4) is 0 Å². The minimum Gasteiger partial charge on any atom is -0.461 e. The highest BCUT2D eigenvalue weighted by atomic mass is 127. The fourth-order valence-corrected chi connectivity index (χ4v) is 2.48. The molecule has 1 aromatic carbocycles. The summed E-state index contributed by atoms with van der Waals surface area (Å²) in [6.07, 6.45) is 0. The van der Waals surface area contributed by atoms with Crippen LogP contribution >= 0.6 is 34.2 Å². The van der Waals surface area contributed by atoms with Crippen LogP contribution in [0.25, 0.3) is 10.9 Å². The normalized spacial score (nSPS) is 10.7. The zero-order chi connectivity index (χ0) is 11.7. The van der Waals surface area contributed by atoms with Crippen molar-refractivity contribution in [2.45, 2.75) is 6.92 Å². The van der Waals surface area contributed by atoms with Crippen LogP contribution in [0, 0.1) is 3.57 Å². The van der Waals surface area contributed by atoms with E-state index >= 15 is 0 Å². The third-order valence-electron chi connectivity index (χ3n) is 2.18. The van der Waals surface area contributed by atoms with Crippen LogP contribution < -0.4 is 0 Å². The number of rotatable bonds is 2. The molecule has 0 unspecified atom stereocenters. The second-order valence-electron chi connectivity index (χ2n) is 3.22. The SMILES string of the molecule is CCOC(=O)c1[nH]c2cc(Cl)ccc2c1I. The van der Waals surface area contributed by atoms with Gasteiger partial charge < -0.3 is 9.72 Å². The van der Waals surface area contributed by atoms with E-state index in [0.717, 1.165) is 14.5 Å². The number of carbonyl (C=O) groups excluding carboxylic acids is 1. The first-order chi connectivity index (χ1) is 7.63. The highest BCUT2D eigenvalue weighted by Crippen LogP contribution is 2.26. The van der Waals surface area contributed by atoms with Gasteiger partial charge in [-0.25, -0.2) is 4.79 Å². The molecule has 2 aromatic rings. The van der Waals surface area contributed by atoms with Crippen molar-refractivity contribution in [3.63, 3.8) is 0 Å². The molecule has 0 saturated heterocycles. The van der Waals surface area contributed by atoms with E-state index in [0.29, 0.717) is 17.3 Å². The van der Waals surface area contributed by atoms with Gasteiger partial charge in [0.2, 0.25) is 0 Å². The van der Waals surface area contributed by atoms with E-state index in [4.69, 9.17) is 16.3 Å². The Labute approximate surface area is 111 Å². The van der Waals surface area contributed by atoms with Crippen molar-refractivity contribution in [2.75, 3.05) is 6.61 Å². The van der Waals surface area contributed by atoms with E-state index in [1.165, 1.54) is 0 Å². The lowest BCUT2D eigenvalue weighted by atomic mass is 10.2. The Balaban J connectivity index is 2.55. The molecule has 1 aromatic heterocycles. The van der Waals surface area contributed by atoms with Crippen LogP contribution in [0.1, 0.15) is 17.4 Å². The third kappa shape index (κ3) is 2.04. The van der Waals surface area contributed by atoms with Crippen LogP contribution in [0.15, 0.2) is 18.2 Å². The van der Waals surface area contributed by atoms with Gasteiger partial charge in [0.1, 0.15) is 5.69 Å². The van der Waals surface area contributed by atoms with E-state index < -0.39 is 0 Å². The molecule has 0 aliphatic rings. The Morgan fingerprint density at radius 3 is 3.00 bits per heavy atom. The lowest BCUT2D eigenvalue weighted by molar-refractivity contribution is 0.0519. The summed E-state index contributed by atoms with van der Waals surface area (Å²) < 4.78 is 5.82. The maximum atomic E-state index is 11.6. The van der Waals surface area contributed by atoms with Crippen molar-refractivity contribution in [1.29, 1.82) is 0 Å². The van der Waals surface area contributed by atoms with Gasteiger partial charge in [-0.3, -0.25) is 0 Å². The van der Waals surface area contributed by atoms with E-state index in [-0.39, 0.29) is 5.97 Å². The largest absolute Gasteiger partial charge is 0.461 e. The smallest absolute Gasteiger partial charge is 0.355 e. The molecule has 0 radical (unpaired) electrons. The number of hydrogen-bond acceptors (Lipinski definition) is 2. The molecule has 0 aliphatic heterocycles. The number of H-pyrrole nitrogens is 1. The van der Waals surface area contributed by atoms with Crippen molar-refractivity contribution in [2.24, 2.45) is 0 Å². The Morgan fingerprint density at radius 1 is 1.56 bits per heavy atom. The van der Waals surface area contributed by atoms with Gasteiger partial charge in [-0.1, -0.05) is 17.7 Å². The first-order valence-electron chi connectivity index (χ1n) is 4.77. The molecular formula is C11H9ClINO2. The monoisotopic (exact) mass is 349 g/mol. The number of benzene rings is 1. The fraction of sp³-hybridized carbons (Fsp3) is 0.182. The van der Waals surface area contributed by atoms with Gasteiger partial charge in [-0.05, 0) is 41.6 Å². The average molecular weight is 350 g/mol. The second kappa shape index (κ2) is 4.63. The van der Waals surface area contributed by atoms with Crippen LogP contribution in [-0.4, -0.2) is 17.6 Å². The molecule has 0 spiro atoms. The van der Waals surface area contributed by atoms with E-state index in [1.54, 1.807) is 19.1 Å². The summed E-state index contributed by atoms with van der Waals surface area (Å²) in [5.41, 5.74) is 1.33. The van der Waals surface area contributed by atoms with Crippen molar-refractivity contribution in [1.82, 2.24) is 4.98 Å². The third-order valence-corrected chi connectivity index (χ3v) is 3.53. The number of aromatic nitrogens is 1. The molecule has 5 heteroatoms. The summed E-state index contributed by atoms with van der Waals surface area (Å²) in [5, 5.41) is 1.62. The Kier molecular flexibility index (Phi) is 3.39. The van der Waals surface area contributed by atoms with E-state index in [2.05, 4.69) is 27.6 Å². The van der Waals surface area contributed by atoms with Crippen molar-refractivity contribution in [3.05, 3.63) is 32.5 Å². The number of hydrogen-bond donors (Lipinski definition) is 1. The number of carbonyl (C=O) groups is 1. The topological polar surface area (TPSA) is 42.1 Å². The summed E-state index contributed by atoms with van der Waals surface area (Å²) in [5.74, 6) is -0.334. The van der Waals surface area contributed by atoms with Gasteiger partial charge >= 0.3 is 5.97 Å². The first kappa shape index (κ1) is 11.7. The Morgan fingerprint density at radius 2 is 2.31 bits per heavy atom. The fourth-order valence-electron chi connectivity index (χ4n) is 1.48.